The van der Waals surface area contributed by atoms with E-state index in [1.165, 1.54) is 12.8 Å². The minimum atomic E-state index is 0. The molecule has 1 atom stereocenters. The van der Waals surface area contributed by atoms with Gasteiger partial charge in [-0.25, -0.2) is 9.97 Å². The number of hydrogen-bond acceptors (Lipinski definition) is 4. The Morgan fingerprint density at radius 1 is 1.23 bits per heavy atom. The number of hydrogen-bond donors (Lipinski definition) is 0. The van der Waals surface area contributed by atoms with E-state index in [4.69, 9.17) is 4.42 Å². The molecule has 2 aromatic heterocycles. The Hall–Kier alpha value is -1.81. The zero-order valence-corrected chi connectivity index (χ0v) is 13.7. The van der Waals surface area contributed by atoms with Crippen molar-refractivity contribution in [3.8, 4) is 0 Å². The molecule has 1 saturated heterocycles. The highest BCUT2D eigenvalue weighted by Gasteiger charge is 2.23. The molecule has 1 aliphatic heterocycles. The van der Waals surface area contributed by atoms with Crippen molar-refractivity contribution in [2.75, 3.05) is 18.0 Å². The Kier molecular flexibility index (Phi) is 3.96. The molecule has 3 heterocycles. The number of nitrogens with zero attached hydrogens (tertiary/aromatic N) is 3. The Morgan fingerprint density at radius 2 is 2.05 bits per heavy atom. The van der Waals surface area contributed by atoms with Crippen LogP contribution in [-0.2, 0) is 0 Å². The predicted molar refractivity (Wildman–Crippen MR) is 91.9 cm³/mol. The third kappa shape index (κ3) is 2.41. The summed E-state index contributed by atoms with van der Waals surface area (Å²) < 4.78 is 6.06. The first-order chi connectivity index (χ1) is 10.2. The molecule has 0 saturated carbocycles. The van der Waals surface area contributed by atoms with Crippen LogP contribution in [0.25, 0.3) is 22.1 Å². The van der Waals surface area contributed by atoms with Crippen molar-refractivity contribution in [1.29, 1.82) is 0 Å². The Labute approximate surface area is 135 Å². The highest BCUT2D eigenvalue weighted by atomic mass is 35.5. The van der Waals surface area contributed by atoms with Gasteiger partial charge in [0.2, 0.25) is 0 Å². The maximum atomic E-state index is 6.06. The van der Waals surface area contributed by atoms with Crippen LogP contribution in [0.4, 0.5) is 5.82 Å². The van der Waals surface area contributed by atoms with Gasteiger partial charge in [-0.05, 0) is 37.8 Å². The normalized spacial score (nSPS) is 18.6. The second-order valence-electron chi connectivity index (χ2n) is 6.06. The number of anilines is 1. The molecule has 4 rings (SSSR count). The fourth-order valence-electron chi connectivity index (χ4n) is 3.28. The summed E-state index contributed by atoms with van der Waals surface area (Å²) in [4.78, 5) is 11.6. The molecule has 0 aliphatic carbocycles. The molecule has 0 radical (unpaired) electrons. The lowest BCUT2D eigenvalue weighted by atomic mass is 10.0. The molecule has 22 heavy (non-hydrogen) atoms. The van der Waals surface area contributed by atoms with Gasteiger partial charge in [-0.2, -0.15) is 0 Å². The first-order valence-corrected chi connectivity index (χ1v) is 7.63. The highest BCUT2D eigenvalue weighted by molar-refractivity contribution is 6.05. The van der Waals surface area contributed by atoms with Crippen LogP contribution in [0.3, 0.4) is 0 Å². The number of rotatable bonds is 1. The number of benzene rings is 1. The standard InChI is InChI=1S/C17H19N3O.ClH/c1-11-6-5-9-20(10-11)17-16-15(18-12(2)19-17)13-7-3-4-8-14(13)21-16;/h3-4,7-8,11H,5-6,9-10H2,1-2H3;1H. The van der Waals surface area contributed by atoms with E-state index in [1.54, 1.807) is 0 Å². The molecule has 1 fully saturated rings. The molecular weight excluding hydrogens is 298 g/mol. The molecule has 1 aromatic carbocycles. The fraction of sp³-hybridized carbons (Fsp3) is 0.412. The van der Waals surface area contributed by atoms with Crippen LogP contribution in [0.5, 0.6) is 0 Å². The van der Waals surface area contributed by atoms with Crippen molar-refractivity contribution in [1.82, 2.24) is 9.97 Å². The number of fused-ring (bicyclic) bond motifs is 3. The second-order valence-corrected chi connectivity index (χ2v) is 6.06. The van der Waals surface area contributed by atoms with Crippen LogP contribution < -0.4 is 4.90 Å². The van der Waals surface area contributed by atoms with Crippen molar-refractivity contribution < 1.29 is 4.42 Å². The summed E-state index contributed by atoms with van der Waals surface area (Å²) in [5, 5.41) is 1.07. The van der Waals surface area contributed by atoms with Gasteiger partial charge in [0.1, 0.15) is 16.9 Å². The number of aromatic nitrogens is 2. The fourth-order valence-corrected chi connectivity index (χ4v) is 3.28. The van der Waals surface area contributed by atoms with Gasteiger partial charge in [0, 0.05) is 18.5 Å². The minimum absolute atomic E-state index is 0. The molecule has 0 N–H and O–H groups in total. The number of furan rings is 1. The third-order valence-electron chi connectivity index (χ3n) is 4.27. The van der Waals surface area contributed by atoms with E-state index in [9.17, 15) is 0 Å². The van der Waals surface area contributed by atoms with Crippen LogP contribution in [0.2, 0.25) is 0 Å². The summed E-state index contributed by atoms with van der Waals surface area (Å²) in [6.07, 6.45) is 2.51. The largest absolute Gasteiger partial charge is 0.450 e. The number of halogens is 1. The van der Waals surface area contributed by atoms with Crippen LogP contribution in [0.15, 0.2) is 28.7 Å². The summed E-state index contributed by atoms with van der Waals surface area (Å²) in [6, 6.07) is 8.08. The quantitative estimate of drug-likeness (QED) is 0.669. The zero-order chi connectivity index (χ0) is 14.4. The van der Waals surface area contributed by atoms with E-state index >= 15 is 0 Å². The topological polar surface area (TPSA) is 42.2 Å². The number of piperidine rings is 1. The Morgan fingerprint density at radius 3 is 2.86 bits per heavy atom. The number of para-hydroxylation sites is 1. The zero-order valence-electron chi connectivity index (χ0n) is 12.9. The van der Waals surface area contributed by atoms with Crippen LogP contribution in [0, 0.1) is 12.8 Å². The van der Waals surface area contributed by atoms with Gasteiger partial charge in [0.25, 0.3) is 0 Å². The van der Waals surface area contributed by atoms with Gasteiger partial charge < -0.3 is 9.32 Å². The third-order valence-corrected chi connectivity index (χ3v) is 4.27. The average molecular weight is 318 g/mol. The van der Waals surface area contributed by atoms with Crippen LogP contribution in [-0.4, -0.2) is 23.1 Å². The first-order valence-electron chi connectivity index (χ1n) is 7.63. The molecule has 1 aliphatic rings. The van der Waals surface area contributed by atoms with Crippen molar-refractivity contribution in [3.05, 3.63) is 30.1 Å². The van der Waals surface area contributed by atoms with Gasteiger partial charge >= 0.3 is 0 Å². The summed E-state index contributed by atoms with van der Waals surface area (Å²) in [5.41, 5.74) is 2.65. The average Bonchev–Trinajstić information content (AvgIpc) is 2.85. The molecule has 5 heteroatoms. The van der Waals surface area contributed by atoms with Crippen LogP contribution in [0.1, 0.15) is 25.6 Å². The maximum Gasteiger partial charge on any atom is 0.196 e. The van der Waals surface area contributed by atoms with Gasteiger partial charge in [0.05, 0.1) is 0 Å². The lowest BCUT2D eigenvalue weighted by Crippen LogP contribution is -2.35. The first kappa shape index (κ1) is 15.1. The second kappa shape index (κ2) is 5.76. The molecule has 3 aromatic rings. The Balaban J connectivity index is 0.00000144. The maximum absolute atomic E-state index is 6.06. The van der Waals surface area contributed by atoms with E-state index in [1.807, 2.05) is 25.1 Å². The summed E-state index contributed by atoms with van der Waals surface area (Å²) >= 11 is 0. The molecule has 0 spiro atoms. The van der Waals surface area contributed by atoms with Crippen molar-refractivity contribution in [2.24, 2.45) is 5.92 Å². The monoisotopic (exact) mass is 317 g/mol. The summed E-state index contributed by atoms with van der Waals surface area (Å²) in [7, 11) is 0. The van der Waals surface area contributed by atoms with E-state index in [2.05, 4.69) is 27.9 Å². The SMILES string of the molecule is Cc1nc(N2CCCC(C)C2)c2oc3ccccc3c2n1.Cl. The van der Waals surface area contributed by atoms with E-state index in [-0.39, 0.29) is 12.4 Å². The van der Waals surface area contributed by atoms with Crippen molar-refractivity contribution >= 4 is 40.3 Å². The van der Waals surface area contributed by atoms with Gasteiger partial charge in [-0.15, -0.1) is 12.4 Å². The molecule has 116 valence electrons. The van der Waals surface area contributed by atoms with E-state index < -0.39 is 0 Å². The minimum Gasteiger partial charge on any atom is -0.450 e. The van der Waals surface area contributed by atoms with Gasteiger partial charge in [0.15, 0.2) is 11.4 Å². The Bertz CT molecular complexity index is 814. The molecule has 0 bridgehead atoms. The number of aryl methyl sites for hydroxylation is 1. The lowest BCUT2D eigenvalue weighted by molar-refractivity contribution is 0.443. The van der Waals surface area contributed by atoms with Gasteiger partial charge in [-0.3, -0.25) is 0 Å². The van der Waals surface area contributed by atoms with Crippen molar-refractivity contribution in [3.63, 3.8) is 0 Å². The molecule has 1 unspecified atom stereocenters. The van der Waals surface area contributed by atoms with E-state index in [0.29, 0.717) is 5.92 Å². The van der Waals surface area contributed by atoms with Crippen LogP contribution >= 0.6 is 12.4 Å². The molecule has 4 nitrogen and oxygen atoms in total. The summed E-state index contributed by atoms with van der Waals surface area (Å²) in [5.74, 6) is 2.47. The van der Waals surface area contributed by atoms with E-state index in [0.717, 1.165) is 46.8 Å². The summed E-state index contributed by atoms with van der Waals surface area (Å²) in [6.45, 7) is 6.35. The molecular formula is C17H20ClN3O. The molecule has 0 amide bonds. The lowest BCUT2D eigenvalue weighted by Gasteiger charge is -2.31. The smallest absolute Gasteiger partial charge is 0.196 e. The predicted octanol–water partition coefficient (Wildman–Crippen LogP) is 4.34. The van der Waals surface area contributed by atoms with Crippen molar-refractivity contribution in [2.45, 2.75) is 26.7 Å². The van der Waals surface area contributed by atoms with Gasteiger partial charge in [-0.1, -0.05) is 19.1 Å². The highest BCUT2D eigenvalue weighted by Crippen LogP contribution is 2.34.